The highest BCUT2D eigenvalue weighted by Gasteiger charge is 2.20. The van der Waals surface area contributed by atoms with Gasteiger partial charge in [0.1, 0.15) is 5.69 Å². The zero-order valence-corrected chi connectivity index (χ0v) is 22.6. The molecule has 1 aromatic carbocycles. The first-order chi connectivity index (χ1) is 18.4. The van der Waals surface area contributed by atoms with E-state index in [0.717, 1.165) is 43.1 Å². The van der Waals surface area contributed by atoms with Crippen LogP contribution in [0.4, 0.5) is 23.3 Å². The largest absolute Gasteiger partial charge is 0.491 e. The lowest BCUT2D eigenvalue weighted by Crippen LogP contribution is -2.44. The van der Waals surface area contributed by atoms with Crippen LogP contribution in [0.2, 0.25) is 0 Å². The molecular weight excluding hydrogens is 482 g/mol. The lowest BCUT2D eigenvalue weighted by atomic mass is 10.1. The summed E-state index contributed by atoms with van der Waals surface area (Å²) in [6.45, 7) is 10.6. The predicted molar refractivity (Wildman–Crippen MR) is 148 cm³/mol. The summed E-state index contributed by atoms with van der Waals surface area (Å²) in [5.41, 5.74) is 4.64. The number of anilines is 4. The summed E-state index contributed by atoms with van der Waals surface area (Å²) in [5.74, 6) is 3.11. The lowest BCUT2D eigenvalue weighted by Gasteiger charge is -2.34. The third-order valence-electron chi connectivity index (χ3n) is 6.62. The van der Waals surface area contributed by atoms with Gasteiger partial charge >= 0.3 is 0 Å². The molecule has 0 saturated carbocycles. The van der Waals surface area contributed by atoms with Gasteiger partial charge in [0, 0.05) is 55.3 Å². The summed E-state index contributed by atoms with van der Waals surface area (Å²) in [4.78, 5) is 14.3. The van der Waals surface area contributed by atoms with Crippen LogP contribution < -0.4 is 20.3 Å². The molecule has 0 radical (unpaired) electrons. The summed E-state index contributed by atoms with van der Waals surface area (Å²) in [5, 5.41) is 17.9. The summed E-state index contributed by atoms with van der Waals surface area (Å²) < 4.78 is 11.3. The van der Waals surface area contributed by atoms with E-state index in [-0.39, 0.29) is 0 Å². The number of aromatic nitrogens is 5. The SMILES string of the molecule is COc1c(Nc2cc(C)[nH]n2)nc(NCc2cc(C(C)C)no2)nc1-c1ccc(N2CCN(C)CC2)cc1. The minimum absolute atomic E-state index is 0.290. The van der Waals surface area contributed by atoms with Crippen LogP contribution >= 0.6 is 0 Å². The molecular formula is C27H35N9O2. The molecule has 4 aromatic rings. The first kappa shape index (κ1) is 25.5. The van der Waals surface area contributed by atoms with Crippen LogP contribution in [0, 0.1) is 6.92 Å². The van der Waals surface area contributed by atoms with Crippen molar-refractivity contribution in [2.45, 2.75) is 33.2 Å². The molecule has 5 rings (SSSR count). The number of nitrogens with zero attached hydrogens (tertiary/aromatic N) is 6. The summed E-state index contributed by atoms with van der Waals surface area (Å²) >= 11 is 0. The number of piperazine rings is 1. The van der Waals surface area contributed by atoms with Crippen molar-refractivity contribution >= 4 is 23.3 Å². The van der Waals surface area contributed by atoms with E-state index in [1.165, 1.54) is 5.69 Å². The van der Waals surface area contributed by atoms with E-state index in [4.69, 9.17) is 19.2 Å². The Balaban J connectivity index is 1.45. The van der Waals surface area contributed by atoms with E-state index in [9.17, 15) is 0 Å². The van der Waals surface area contributed by atoms with Gasteiger partial charge in [0.25, 0.3) is 0 Å². The van der Waals surface area contributed by atoms with E-state index < -0.39 is 0 Å². The van der Waals surface area contributed by atoms with Crippen LogP contribution in [0.25, 0.3) is 11.3 Å². The Bertz CT molecular complexity index is 1360. The predicted octanol–water partition coefficient (Wildman–Crippen LogP) is 4.40. The molecule has 3 N–H and O–H groups in total. The molecule has 0 spiro atoms. The van der Waals surface area contributed by atoms with Gasteiger partial charge < -0.3 is 29.7 Å². The van der Waals surface area contributed by atoms with E-state index in [1.54, 1.807) is 7.11 Å². The Hall–Kier alpha value is -4.12. The minimum Gasteiger partial charge on any atom is -0.491 e. The van der Waals surface area contributed by atoms with E-state index in [2.05, 4.69) is 80.9 Å². The fraction of sp³-hybridized carbons (Fsp3) is 0.407. The maximum absolute atomic E-state index is 5.82. The van der Waals surface area contributed by atoms with Crippen LogP contribution in [0.3, 0.4) is 0 Å². The Morgan fingerprint density at radius 2 is 1.84 bits per heavy atom. The van der Waals surface area contributed by atoms with Crippen LogP contribution in [-0.4, -0.2) is 70.6 Å². The molecule has 1 aliphatic rings. The number of benzene rings is 1. The van der Waals surface area contributed by atoms with Crippen LogP contribution in [-0.2, 0) is 6.54 Å². The van der Waals surface area contributed by atoms with Crippen molar-refractivity contribution in [1.82, 2.24) is 30.2 Å². The third-order valence-corrected chi connectivity index (χ3v) is 6.62. The maximum atomic E-state index is 5.82. The Morgan fingerprint density at radius 3 is 2.47 bits per heavy atom. The molecule has 1 fully saturated rings. The Morgan fingerprint density at radius 1 is 1.08 bits per heavy atom. The average Bonchev–Trinajstić information content (AvgIpc) is 3.57. The standard InChI is InChI=1S/C27H35N9O2/c1-17(2)22-15-21(38-34-22)16-28-27-30-24(25(37-5)26(31-27)29-23-14-18(3)32-33-23)19-6-8-20(9-7-19)36-12-10-35(4)11-13-36/h6-9,14-15,17H,10-13,16H2,1-5H3,(H3,28,29,30,31,32,33). The van der Waals surface area contributed by atoms with E-state index in [0.29, 0.717) is 47.3 Å². The molecule has 0 amide bonds. The molecule has 0 bridgehead atoms. The van der Waals surface area contributed by atoms with Gasteiger partial charge in [0.05, 0.1) is 19.3 Å². The number of aryl methyl sites for hydroxylation is 1. The van der Waals surface area contributed by atoms with Gasteiger partial charge in [-0.15, -0.1) is 0 Å². The van der Waals surface area contributed by atoms with Crippen molar-refractivity contribution in [2.24, 2.45) is 0 Å². The highest BCUT2D eigenvalue weighted by Crippen LogP contribution is 2.37. The van der Waals surface area contributed by atoms with Gasteiger partial charge in [-0.1, -0.05) is 31.1 Å². The molecule has 200 valence electrons. The van der Waals surface area contributed by atoms with Crippen molar-refractivity contribution in [2.75, 3.05) is 55.9 Å². The van der Waals surface area contributed by atoms with Crippen molar-refractivity contribution in [1.29, 1.82) is 0 Å². The topological polar surface area (TPSA) is 120 Å². The fourth-order valence-electron chi connectivity index (χ4n) is 4.35. The van der Waals surface area contributed by atoms with Crippen LogP contribution in [0.5, 0.6) is 5.75 Å². The number of nitrogens with one attached hydrogen (secondary N) is 3. The van der Waals surface area contributed by atoms with Crippen LogP contribution in [0.15, 0.2) is 40.9 Å². The highest BCUT2D eigenvalue weighted by atomic mass is 16.5. The van der Waals surface area contributed by atoms with Crippen molar-refractivity contribution in [3.8, 4) is 17.0 Å². The smallest absolute Gasteiger partial charge is 0.225 e. The second-order valence-corrected chi connectivity index (χ2v) is 9.90. The quantitative estimate of drug-likeness (QED) is 0.295. The number of aromatic amines is 1. The monoisotopic (exact) mass is 517 g/mol. The molecule has 11 nitrogen and oxygen atoms in total. The zero-order valence-electron chi connectivity index (χ0n) is 22.6. The molecule has 3 aromatic heterocycles. The molecule has 4 heterocycles. The number of rotatable bonds is 9. The molecule has 0 atom stereocenters. The fourth-order valence-corrected chi connectivity index (χ4v) is 4.35. The third kappa shape index (κ3) is 5.72. The van der Waals surface area contributed by atoms with Gasteiger partial charge in [-0.25, -0.2) is 4.98 Å². The lowest BCUT2D eigenvalue weighted by molar-refractivity contribution is 0.313. The van der Waals surface area contributed by atoms with Crippen molar-refractivity contribution < 1.29 is 9.26 Å². The minimum atomic E-state index is 0.290. The average molecular weight is 518 g/mol. The van der Waals surface area contributed by atoms with Gasteiger partial charge in [0.15, 0.2) is 23.1 Å². The van der Waals surface area contributed by atoms with E-state index >= 15 is 0 Å². The normalized spacial score (nSPS) is 14.2. The number of methoxy groups -OCH3 is 1. The molecule has 38 heavy (non-hydrogen) atoms. The number of ether oxygens (including phenoxy) is 1. The van der Waals surface area contributed by atoms with Crippen molar-refractivity contribution in [3.63, 3.8) is 0 Å². The van der Waals surface area contributed by atoms with Gasteiger partial charge in [-0.3, -0.25) is 5.10 Å². The second-order valence-electron chi connectivity index (χ2n) is 9.90. The molecule has 0 unspecified atom stereocenters. The van der Waals surface area contributed by atoms with Gasteiger partial charge in [-0.05, 0) is 32.0 Å². The highest BCUT2D eigenvalue weighted by molar-refractivity contribution is 5.77. The first-order valence-corrected chi connectivity index (χ1v) is 12.9. The molecule has 11 heteroatoms. The summed E-state index contributed by atoms with van der Waals surface area (Å²) in [6, 6.07) is 12.3. The molecule has 1 saturated heterocycles. The number of hydrogen-bond acceptors (Lipinski definition) is 10. The maximum Gasteiger partial charge on any atom is 0.225 e. The van der Waals surface area contributed by atoms with Gasteiger partial charge in [-0.2, -0.15) is 10.1 Å². The summed E-state index contributed by atoms with van der Waals surface area (Å²) in [7, 11) is 3.78. The van der Waals surface area contributed by atoms with Crippen molar-refractivity contribution in [3.05, 3.63) is 53.5 Å². The van der Waals surface area contributed by atoms with Crippen LogP contribution in [0.1, 0.15) is 36.9 Å². The summed E-state index contributed by atoms with van der Waals surface area (Å²) in [6.07, 6.45) is 0. The Kier molecular flexibility index (Phi) is 7.45. The number of H-pyrrole nitrogens is 1. The van der Waals surface area contributed by atoms with Gasteiger partial charge in [0.2, 0.25) is 5.95 Å². The zero-order chi connectivity index (χ0) is 26.6. The number of hydrogen-bond donors (Lipinski definition) is 3. The molecule has 0 aliphatic carbocycles. The Labute approximate surface area is 222 Å². The second kappa shape index (κ2) is 11.1. The molecule has 1 aliphatic heterocycles. The number of likely N-dealkylation sites (N-methyl/N-ethyl adjacent to an activating group) is 1. The first-order valence-electron chi connectivity index (χ1n) is 12.9. The van der Waals surface area contributed by atoms with E-state index in [1.807, 2.05) is 19.1 Å².